The molecule has 0 radical (unpaired) electrons. The largest absolute Gasteiger partial charge is 0.274 e. The second-order valence-electron chi connectivity index (χ2n) is 2.83. The van der Waals surface area contributed by atoms with Crippen molar-refractivity contribution in [1.29, 1.82) is 0 Å². The van der Waals surface area contributed by atoms with Crippen molar-refractivity contribution in [3.05, 3.63) is 0 Å². The van der Waals surface area contributed by atoms with Gasteiger partial charge in [0.25, 0.3) is 0 Å². The van der Waals surface area contributed by atoms with E-state index in [1.165, 1.54) is 12.8 Å². The topological polar surface area (TPSA) is 12.2 Å². The highest BCUT2D eigenvalue weighted by atomic mass is 16.7. The Morgan fingerprint density at radius 2 is 2.50 bits per heavy atom. The van der Waals surface area contributed by atoms with Crippen molar-refractivity contribution in [3.8, 4) is 0 Å². The summed E-state index contributed by atoms with van der Waals surface area (Å²) < 4.78 is 1.97. The van der Waals surface area contributed by atoms with Crippen molar-refractivity contribution in [2.24, 2.45) is 0 Å². The standard InChI is InChI=1S/C8H16NO/c1-3-4-6-9-7-5-8(2)10-9/h7-8H,3-6H2,1-2H3/q+1. The summed E-state index contributed by atoms with van der Waals surface area (Å²) in [5.74, 6) is 0. The summed E-state index contributed by atoms with van der Waals surface area (Å²) in [5.41, 5.74) is 0. The number of hydrogen-bond acceptors (Lipinski definition) is 1. The molecule has 0 saturated carbocycles. The molecule has 0 aromatic carbocycles. The maximum atomic E-state index is 5.44. The smallest absolute Gasteiger partial charge is 0.196 e. The maximum absolute atomic E-state index is 5.44. The number of nitrogens with zero attached hydrogens (tertiary/aromatic N) is 1. The summed E-state index contributed by atoms with van der Waals surface area (Å²) in [6, 6.07) is 0. The third-order valence-corrected chi connectivity index (χ3v) is 1.69. The Balaban J connectivity index is 2.17. The van der Waals surface area contributed by atoms with Gasteiger partial charge in [0.05, 0.1) is 6.42 Å². The van der Waals surface area contributed by atoms with E-state index in [2.05, 4.69) is 20.1 Å². The molecule has 1 rings (SSSR count). The third-order valence-electron chi connectivity index (χ3n) is 1.69. The van der Waals surface area contributed by atoms with Gasteiger partial charge in [0.15, 0.2) is 18.9 Å². The molecular formula is C8H16NO+. The normalized spacial score (nSPS) is 24.2. The molecule has 1 atom stereocenters. The number of rotatable bonds is 3. The molecule has 0 aromatic heterocycles. The Morgan fingerprint density at radius 3 is 3.00 bits per heavy atom. The van der Waals surface area contributed by atoms with Crippen LogP contribution in [0.5, 0.6) is 0 Å². The molecule has 0 saturated heterocycles. The van der Waals surface area contributed by atoms with Crippen molar-refractivity contribution in [2.45, 2.75) is 39.2 Å². The fourth-order valence-corrected chi connectivity index (χ4v) is 1.04. The van der Waals surface area contributed by atoms with Crippen LogP contribution in [-0.2, 0) is 4.84 Å². The van der Waals surface area contributed by atoms with Crippen LogP contribution in [0.1, 0.15) is 33.1 Å². The first-order valence-corrected chi connectivity index (χ1v) is 4.09. The highest BCUT2D eigenvalue weighted by Gasteiger charge is 2.19. The van der Waals surface area contributed by atoms with Crippen LogP contribution in [0.15, 0.2) is 0 Å². The Kier molecular flexibility index (Phi) is 2.72. The first-order valence-electron chi connectivity index (χ1n) is 4.09. The molecule has 2 nitrogen and oxygen atoms in total. The van der Waals surface area contributed by atoms with Crippen LogP contribution in [-0.4, -0.2) is 23.6 Å². The molecule has 1 unspecified atom stereocenters. The first-order chi connectivity index (χ1) is 4.83. The molecule has 2 heteroatoms. The zero-order valence-corrected chi connectivity index (χ0v) is 6.84. The van der Waals surface area contributed by atoms with Gasteiger partial charge in [-0.2, -0.15) is 0 Å². The average molecular weight is 142 g/mol. The van der Waals surface area contributed by atoms with Crippen LogP contribution in [0.2, 0.25) is 0 Å². The van der Waals surface area contributed by atoms with Gasteiger partial charge in [-0.05, 0) is 18.1 Å². The van der Waals surface area contributed by atoms with Gasteiger partial charge in [-0.15, -0.1) is 0 Å². The molecule has 0 N–H and O–H groups in total. The fourth-order valence-electron chi connectivity index (χ4n) is 1.04. The Bertz CT molecular complexity index is 131. The zero-order chi connectivity index (χ0) is 7.40. The van der Waals surface area contributed by atoms with Crippen LogP contribution in [0.25, 0.3) is 0 Å². The lowest BCUT2D eigenvalue weighted by molar-refractivity contribution is -0.783. The lowest BCUT2D eigenvalue weighted by atomic mass is 10.3. The van der Waals surface area contributed by atoms with Crippen molar-refractivity contribution in [3.63, 3.8) is 0 Å². The van der Waals surface area contributed by atoms with Gasteiger partial charge in [-0.25, -0.2) is 0 Å². The predicted octanol–water partition coefficient (Wildman–Crippen LogP) is 1.59. The minimum absolute atomic E-state index is 0.400. The first kappa shape index (κ1) is 7.58. The van der Waals surface area contributed by atoms with E-state index < -0.39 is 0 Å². The molecule has 0 spiro atoms. The van der Waals surface area contributed by atoms with E-state index in [1.54, 1.807) is 0 Å². The van der Waals surface area contributed by atoms with Crippen LogP contribution in [0.4, 0.5) is 0 Å². The van der Waals surface area contributed by atoms with Gasteiger partial charge in [0.1, 0.15) is 0 Å². The SMILES string of the molecule is CCCC[N+]1=CCC(C)O1. The molecule has 0 bridgehead atoms. The van der Waals surface area contributed by atoms with Crippen molar-refractivity contribution < 1.29 is 9.58 Å². The highest BCUT2D eigenvalue weighted by molar-refractivity contribution is 5.52. The van der Waals surface area contributed by atoms with Crippen molar-refractivity contribution in [1.82, 2.24) is 0 Å². The second-order valence-corrected chi connectivity index (χ2v) is 2.83. The van der Waals surface area contributed by atoms with E-state index in [0.717, 1.165) is 13.0 Å². The molecule has 0 fully saturated rings. The van der Waals surface area contributed by atoms with Crippen LogP contribution in [0, 0.1) is 0 Å². The van der Waals surface area contributed by atoms with Crippen molar-refractivity contribution in [2.75, 3.05) is 6.54 Å². The van der Waals surface area contributed by atoms with Crippen LogP contribution < -0.4 is 0 Å². The molecule has 1 aliphatic heterocycles. The quantitative estimate of drug-likeness (QED) is 0.545. The van der Waals surface area contributed by atoms with E-state index in [1.807, 2.05) is 4.74 Å². The third kappa shape index (κ3) is 2.01. The van der Waals surface area contributed by atoms with E-state index in [0.29, 0.717) is 6.10 Å². The average Bonchev–Trinajstić information content (AvgIpc) is 2.31. The molecular weight excluding hydrogens is 126 g/mol. The van der Waals surface area contributed by atoms with E-state index in [9.17, 15) is 0 Å². The molecule has 58 valence electrons. The van der Waals surface area contributed by atoms with Gasteiger partial charge >= 0.3 is 0 Å². The molecule has 1 aliphatic rings. The van der Waals surface area contributed by atoms with Gasteiger partial charge in [-0.3, -0.25) is 4.84 Å². The summed E-state index contributed by atoms with van der Waals surface area (Å²) in [6.07, 6.45) is 6.08. The Morgan fingerprint density at radius 1 is 1.70 bits per heavy atom. The number of hydrogen-bond donors (Lipinski definition) is 0. The molecule has 0 aromatic rings. The predicted molar refractivity (Wildman–Crippen MR) is 41.3 cm³/mol. The maximum Gasteiger partial charge on any atom is 0.196 e. The lowest BCUT2D eigenvalue weighted by Crippen LogP contribution is -2.11. The minimum atomic E-state index is 0.400. The van der Waals surface area contributed by atoms with Crippen LogP contribution >= 0.6 is 0 Å². The molecule has 1 heterocycles. The summed E-state index contributed by atoms with van der Waals surface area (Å²) in [7, 11) is 0. The van der Waals surface area contributed by atoms with Crippen molar-refractivity contribution >= 4 is 6.21 Å². The lowest BCUT2D eigenvalue weighted by Gasteiger charge is -1.98. The Hall–Kier alpha value is -0.530. The molecule has 0 amide bonds. The zero-order valence-electron chi connectivity index (χ0n) is 6.84. The molecule has 10 heavy (non-hydrogen) atoms. The van der Waals surface area contributed by atoms with Crippen LogP contribution in [0.3, 0.4) is 0 Å². The van der Waals surface area contributed by atoms with Gasteiger partial charge < -0.3 is 0 Å². The summed E-state index contributed by atoms with van der Waals surface area (Å²) in [6.45, 7) is 5.35. The summed E-state index contributed by atoms with van der Waals surface area (Å²) in [5, 5.41) is 0. The van der Waals surface area contributed by atoms with E-state index >= 15 is 0 Å². The highest BCUT2D eigenvalue weighted by Crippen LogP contribution is 2.04. The number of hydroxylamine groups is 1. The van der Waals surface area contributed by atoms with E-state index in [-0.39, 0.29) is 0 Å². The summed E-state index contributed by atoms with van der Waals surface area (Å²) >= 11 is 0. The van der Waals surface area contributed by atoms with Gasteiger partial charge in [0, 0.05) is 6.42 Å². The Labute approximate surface area is 62.5 Å². The van der Waals surface area contributed by atoms with Gasteiger partial charge in [-0.1, -0.05) is 6.92 Å². The summed E-state index contributed by atoms with van der Waals surface area (Å²) in [4.78, 5) is 5.44. The molecule has 0 aliphatic carbocycles. The monoisotopic (exact) mass is 142 g/mol. The fraction of sp³-hybridized carbons (Fsp3) is 0.875. The van der Waals surface area contributed by atoms with Gasteiger partial charge in [0.2, 0.25) is 0 Å². The minimum Gasteiger partial charge on any atom is -0.274 e. The number of unbranched alkanes of at least 4 members (excludes halogenated alkanes) is 1. The second kappa shape index (κ2) is 3.59. The van der Waals surface area contributed by atoms with E-state index in [4.69, 9.17) is 4.84 Å².